The second kappa shape index (κ2) is 6.16. The lowest BCUT2D eigenvalue weighted by atomic mass is 10.1. The zero-order valence-electron chi connectivity index (χ0n) is 10.8. The number of aliphatic hydroxyl groups excluding tert-OH is 1. The highest BCUT2D eigenvalue weighted by atomic mass is 16.3. The molecule has 19 heavy (non-hydrogen) atoms. The van der Waals surface area contributed by atoms with E-state index in [9.17, 15) is 9.90 Å². The van der Waals surface area contributed by atoms with Crippen LogP contribution < -0.4 is 5.32 Å². The van der Waals surface area contributed by atoms with Crippen LogP contribution in [0.1, 0.15) is 24.2 Å². The molecule has 1 unspecified atom stereocenters. The van der Waals surface area contributed by atoms with E-state index in [4.69, 9.17) is 0 Å². The summed E-state index contributed by atoms with van der Waals surface area (Å²) in [7, 11) is 0. The summed E-state index contributed by atoms with van der Waals surface area (Å²) < 4.78 is 0. The van der Waals surface area contributed by atoms with Crippen molar-refractivity contribution in [2.75, 3.05) is 5.32 Å². The fourth-order valence-electron chi connectivity index (χ4n) is 1.83. The Morgan fingerprint density at radius 1 is 1.11 bits per heavy atom. The summed E-state index contributed by atoms with van der Waals surface area (Å²) in [5.41, 5.74) is 2.56. The zero-order chi connectivity index (χ0) is 13.7. The van der Waals surface area contributed by atoms with Gasteiger partial charge in [-0.1, -0.05) is 42.5 Å². The monoisotopic (exact) mass is 255 g/mol. The molecule has 0 saturated carbocycles. The molecule has 0 aliphatic rings. The van der Waals surface area contributed by atoms with E-state index in [-0.39, 0.29) is 5.91 Å². The van der Waals surface area contributed by atoms with E-state index in [1.165, 1.54) is 0 Å². The number of hydrogen-bond donors (Lipinski definition) is 2. The lowest BCUT2D eigenvalue weighted by molar-refractivity contribution is -0.115. The number of hydrogen-bond acceptors (Lipinski definition) is 2. The van der Waals surface area contributed by atoms with Crippen molar-refractivity contribution < 1.29 is 9.90 Å². The number of anilines is 1. The van der Waals surface area contributed by atoms with Crippen LogP contribution in [0.25, 0.3) is 0 Å². The molecule has 1 amide bonds. The summed E-state index contributed by atoms with van der Waals surface area (Å²) in [4.78, 5) is 11.8. The molecule has 2 aromatic carbocycles. The number of carbonyl (C=O) groups excluding carboxylic acids is 1. The Morgan fingerprint density at radius 2 is 1.74 bits per heavy atom. The molecule has 0 aromatic heterocycles. The Labute approximate surface area is 112 Å². The quantitative estimate of drug-likeness (QED) is 0.882. The zero-order valence-corrected chi connectivity index (χ0v) is 10.8. The molecule has 2 rings (SSSR count). The van der Waals surface area contributed by atoms with Crippen LogP contribution in [0.4, 0.5) is 5.69 Å². The van der Waals surface area contributed by atoms with E-state index in [1.54, 1.807) is 19.1 Å². The SMILES string of the molecule is CC(O)c1ccc(NC(=O)Cc2ccccc2)cc1. The van der Waals surface area contributed by atoms with Gasteiger partial charge in [-0.15, -0.1) is 0 Å². The van der Waals surface area contributed by atoms with Crippen LogP contribution in [0, 0.1) is 0 Å². The topological polar surface area (TPSA) is 49.3 Å². The Bertz CT molecular complexity index is 532. The van der Waals surface area contributed by atoms with Gasteiger partial charge in [-0.05, 0) is 30.2 Å². The first-order chi connectivity index (χ1) is 9.15. The Morgan fingerprint density at radius 3 is 2.32 bits per heavy atom. The van der Waals surface area contributed by atoms with Gasteiger partial charge in [0.2, 0.25) is 5.91 Å². The summed E-state index contributed by atoms with van der Waals surface area (Å²) in [6.45, 7) is 1.71. The molecule has 3 nitrogen and oxygen atoms in total. The highest BCUT2D eigenvalue weighted by molar-refractivity contribution is 5.92. The molecule has 3 heteroatoms. The first-order valence-electron chi connectivity index (χ1n) is 6.27. The summed E-state index contributed by atoms with van der Waals surface area (Å²) in [6, 6.07) is 16.8. The van der Waals surface area contributed by atoms with Crippen molar-refractivity contribution in [2.45, 2.75) is 19.4 Å². The van der Waals surface area contributed by atoms with Crippen LogP contribution in [0.15, 0.2) is 54.6 Å². The highest BCUT2D eigenvalue weighted by Crippen LogP contribution is 2.15. The van der Waals surface area contributed by atoms with E-state index in [0.717, 1.165) is 16.8 Å². The van der Waals surface area contributed by atoms with Crippen molar-refractivity contribution in [3.63, 3.8) is 0 Å². The lowest BCUT2D eigenvalue weighted by Gasteiger charge is -2.08. The first kappa shape index (κ1) is 13.3. The normalized spacial score (nSPS) is 11.9. The Hall–Kier alpha value is -2.13. The first-order valence-corrected chi connectivity index (χ1v) is 6.27. The van der Waals surface area contributed by atoms with Crippen molar-refractivity contribution in [1.82, 2.24) is 0 Å². The molecule has 0 radical (unpaired) electrons. The van der Waals surface area contributed by atoms with Gasteiger partial charge in [0, 0.05) is 5.69 Å². The molecule has 0 spiro atoms. The maximum Gasteiger partial charge on any atom is 0.228 e. The van der Waals surface area contributed by atoms with E-state index in [1.807, 2.05) is 42.5 Å². The van der Waals surface area contributed by atoms with Crippen LogP contribution >= 0.6 is 0 Å². The van der Waals surface area contributed by atoms with Crippen LogP contribution in [0.2, 0.25) is 0 Å². The van der Waals surface area contributed by atoms with Gasteiger partial charge in [0.1, 0.15) is 0 Å². The van der Waals surface area contributed by atoms with E-state index in [0.29, 0.717) is 6.42 Å². The van der Waals surface area contributed by atoms with Crippen molar-refractivity contribution in [1.29, 1.82) is 0 Å². The third-order valence-electron chi connectivity index (χ3n) is 2.88. The molecule has 0 fully saturated rings. The second-order valence-electron chi connectivity index (χ2n) is 4.51. The van der Waals surface area contributed by atoms with Crippen molar-refractivity contribution in [3.8, 4) is 0 Å². The lowest BCUT2D eigenvalue weighted by Crippen LogP contribution is -2.14. The fourth-order valence-corrected chi connectivity index (χ4v) is 1.83. The largest absolute Gasteiger partial charge is 0.389 e. The minimum Gasteiger partial charge on any atom is -0.389 e. The van der Waals surface area contributed by atoms with E-state index < -0.39 is 6.10 Å². The summed E-state index contributed by atoms with van der Waals surface area (Å²) in [5, 5.41) is 12.2. The molecular formula is C16H17NO2. The van der Waals surface area contributed by atoms with Crippen LogP contribution in [0.3, 0.4) is 0 Å². The van der Waals surface area contributed by atoms with Crippen LogP contribution in [0.5, 0.6) is 0 Å². The molecule has 0 aliphatic heterocycles. The summed E-state index contributed by atoms with van der Waals surface area (Å²) in [6.07, 6.45) is -0.131. The predicted octanol–water partition coefficient (Wildman–Crippen LogP) is 2.92. The Balaban J connectivity index is 1.95. The molecule has 0 aliphatic carbocycles. The van der Waals surface area contributed by atoms with Gasteiger partial charge in [-0.25, -0.2) is 0 Å². The molecule has 0 bridgehead atoms. The second-order valence-corrected chi connectivity index (χ2v) is 4.51. The van der Waals surface area contributed by atoms with E-state index in [2.05, 4.69) is 5.32 Å². The average molecular weight is 255 g/mol. The van der Waals surface area contributed by atoms with Gasteiger partial charge in [0.25, 0.3) is 0 Å². The van der Waals surface area contributed by atoms with Gasteiger partial charge in [-0.3, -0.25) is 4.79 Å². The minimum absolute atomic E-state index is 0.0454. The number of carbonyl (C=O) groups is 1. The third kappa shape index (κ3) is 3.93. The van der Waals surface area contributed by atoms with E-state index >= 15 is 0 Å². The molecule has 1 atom stereocenters. The third-order valence-corrected chi connectivity index (χ3v) is 2.88. The number of rotatable bonds is 4. The number of nitrogens with one attached hydrogen (secondary N) is 1. The summed E-state index contributed by atoms with van der Waals surface area (Å²) in [5.74, 6) is -0.0454. The van der Waals surface area contributed by atoms with Crippen LogP contribution in [-0.2, 0) is 11.2 Å². The minimum atomic E-state index is -0.492. The standard InChI is InChI=1S/C16H17NO2/c1-12(18)14-7-9-15(10-8-14)17-16(19)11-13-5-3-2-4-6-13/h2-10,12,18H,11H2,1H3,(H,17,19). The fraction of sp³-hybridized carbons (Fsp3) is 0.188. The molecular weight excluding hydrogens is 238 g/mol. The molecule has 2 aromatic rings. The smallest absolute Gasteiger partial charge is 0.228 e. The number of aliphatic hydroxyl groups is 1. The van der Waals surface area contributed by atoms with Crippen molar-refractivity contribution in [2.24, 2.45) is 0 Å². The van der Waals surface area contributed by atoms with Crippen molar-refractivity contribution in [3.05, 3.63) is 65.7 Å². The molecule has 0 saturated heterocycles. The van der Waals surface area contributed by atoms with Gasteiger partial charge < -0.3 is 10.4 Å². The molecule has 0 heterocycles. The number of benzene rings is 2. The average Bonchev–Trinajstić information content (AvgIpc) is 2.40. The van der Waals surface area contributed by atoms with Gasteiger partial charge >= 0.3 is 0 Å². The van der Waals surface area contributed by atoms with Gasteiger partial charge in [0.15, 0.2) is 0 Å². The molecule has 98 valence electrons. The predicted molar refractivity (Wildman–Crippen MR) is 75.9 cm³/mol. The maximum atomic E-state index is 11.8. The van der Waals surface area contributed by atoms with Crippen LogP contribution in [-0.4, -0.2) is 11.0 Å². The number of amides is 1. The van der Waals surface area contributed by atoms with Gasteiger partial charge in [0.05, 0.1) is 12.5 Å². The molecule has 2 N–H and O–H groups in total. The maximum absolute atomic E-state index is 11.8. The summed E-state index contributed by atoms with van der Waals surface area (Å²) >= 11 is 0. The van der Waals surface area contributed by atoms with Gasteiger partial charge in [-0.2, -0.15) is 0 Å². The van der Waals surface area contributed by atoms with Crippen molar-refractivity contribution >= 4 is 11.6 Å². The highest BCUT2D eigenvalue weighted by Gasteiger charge is 2.05. The Kier molecular flexibility index (Phi) is 4.31.